The van der Waals surface area contributed by atoms with Gasteiger partial charge in [0.15, 0.2) is 0 Å². The molecule has 1 aliphatic heterocycles. The Morgan fingerprint density at radius 3 is 3.00 bits per heavy atom. The maximum atomic E-state index is 5.32. The highest BCUT2D eigenvalue weighted by molar-refractivity contribution is 5.90. The van der Waals surface area contributed by atoms with Gasteiger partial charge in [-0.3, -0.25) is 0 Å². The summed E-state index contributed by atoms with van der Waals surface area (Å²) in [6.07, 6.45) is 1.05. The Kier molecular flexibility index (Phi) is 2.90. The fraction of sp³-hybridized carbons (Fsp3) is 0.417. The summed E-state index contributed by atoms with van der Waals surface area (Å²) in [6, 6.07) is 6.91. The highest BCUT2D eigenvalue weighted by atomic mass is 16.5. The number of hydrogen-bond acceptors (Lipinski definition) is 3. The molecule has 0 amide bonds. The Hall–Kier alpha value is -1.51. The van der Waals surface area contributed by atoms with Crippen LogP contribution in [-0.2, 0) is 11.2 Å². The van der Waals surface area contributed by atoms with Crippen LogP contribution in [0.25, 0.3) is 0 Å². The average Bonchev–Trinajstić information content (AvgIpc) is 2.74. The third-order valence-electron chi connectivity index (χ3n) is 2.65. The van der Waals surface area contributed by atoms with Gasteiger partial charge >= 0.3 is 0 Å². The van der Waals surface area contributed by atoms with E-state index in [2.05, 4.69) is 42.4 Å². The van der Waals surface area contributed by atoms with Crippen LogP contribution in [0.5, 0.6) is 0 Å². The number of aryl methyl sites for hydroxylation is 1. The predicted molar refractivity (Wildman–Crippen MR) is 62.4 cm³/mol. The van der Waals surface area contributed by atoms with Crippen LogP contribution in [0.2, 0.25) is 0 Å². The molecular weight excluding hydrogens is 188 g/mol. The molecule has 1 aromatic rings. The molecule has 0 spiro atoms. The molecule has 0 atom stereocenters. The third-order valence-corrected chi connectivity index (χ3v) is 2.65. The largest absolute Gasteiger partial charge is 0.463 e. The van der Waals surface area contributed by atoms with Crippen molar-refractivity contribution in [3.8, 4) is 0 Å². The zero-order valence-electron chi connectivity index (χ0n) is 9.21. The number of hydrogen-bond donors (Lipinski definition) is 1. The first kappa shape index (κ1) is 10.0. The van der Waals surface area contributed by atoms with E-state index >= 15 is 0 Å². The summed E-state index contributed by atoms with van der Waals surface area (Å²) >= 11 is 0. The Balaban J connectivity index is 2.20. The van der Waals surface area contributed by atoms with Gasteiger partial charge in [-0.1, -0.05) is 19.1 Å². The first-order chi connectivity index (χ1) is 7.31. The molecule has 0 bridgehead atoms. The number of amidine groups is 1. The van der Waals surface area contributed by atoms with Gasteiger partial charge in [-0.05, 0) is 30.5 Å². The average molecular weight is 204 g/mol. The van der Waals surface area contributed by atoms with E-state index in [9.17, 15) is 0 Å². The fourth-order valence-corrected chi connectivity index (χ4v) is 1.73. The number of nitrogens with zero attached hydrogens (tertiary/aromatic N) is 1. The first-order valence-electron chi connectivity index (χ1n) is 5.34. The van der Waals surface area contributed by atoms with E-state index in [4.69, 9.17) is 4.74 Å². The molecule has 1 aromatic carbocycles. The summed E-state index contributed by atoms with van der Waals surface area (Å²) in [5.41, 5.74) is 3.73. The molecule has 1 aliphatic rings. The van der Waals surface area contributed by atoms with Gasteiger partial charge in [-0.15, -0.1) is 0 Å². The van der Waals surface area contributed by atoms with Gasteiger partial charge in [0.05, 0.1) is 6.54 Å². The van der Waals surface area contributed by atoms with Crippen molar-refractivity contribution in [3.05, 3.63) is 29.3 Å². The van der Waals surface area contributed by atoms with Crippen LogP contribution in [0.3, 0.4) is 0 Å². The molecule has 3 heteroatoms. The number of aliphatic imine (C=N–C) groups is 1. The number of ether oxygens (including phenoxy) is 1. The second-order valence-electron chi connectivity index (χ2n) is 3.60. The fourth-order valence-electron chi connectivity index (χ4n) is 1.73. The number of benzene rings is 1. The summed E-state index contributed by atoms with van der Waals surface area (Å²) < 4.78 is 5.32. The van der Waals surface area contributed by atoms with Crippen molar-refractivity contribution in [1.29, 1.82) is 0 Å². The quantitative estimate of drug-likeness (QED) is 0.802. The van der Waals surface area contributed by atoms with Crippen LogP contribution in [0.15, 0.2) is 23.2 Å². The molecule has 3 nitrogen and oxygen atoms in total. The van der Waals surface area contributed by atoms with Crippen LogP contribution < -0.4 is 5.32 Å². The summed E-state index contributed by atoms with van der Waals surface area (Å²) in [5, 5.41) is 3.21. The highest BCUT2D eigenvalue weighted by Gasteiger charge is 2.09. The molecule has 0 saturated carbocycles. The van der Waals surface area contributed by atoms with Gasteiger partial charge in [-0.2, -0.15) is 0 Å². The van der Waals surface area contributed by atoms with Crippen LogP contribution in [0.1, 0.15) is 18.1 Å². The second-order valence-corrected chi connectivity index (χ2v) is 3.60. The Morgan fingerprint density at radius 2 is 2.33 bits per heavy atom. The highest BCUT2D eigenvalue weighted by Crippen LogP contribution is 2.19. The van der Waals surface area contributed by atoms with Crippen molar-refractivity contribution in [2.75, 3.05) is 18.5 Å². The lowest BCUT2D eigenvalue weighted by Gasteiger charge is -2.11. The molecule has 1 heterocycles. The van der Waals surface area contributed by atoms with Crippen molar-refractivity contribution in [2.45, 2.75) is 20.3 Å². The lowest BCUT2D eigenvalue weighted by molar-refractivity contribution is 0.346. The molecule has 2 rings (SSSR count). The lowest BCUT2D eigenvalue weighted by atomic mass is 10.0. The molecular formula is C12H16N2O. The third kappa shape index (κ3) is 2.12. The van der Waals surface area contributed by atoms with E-state index in [0.29, 0.717) is 12.6 Å². The SMILES string of the molecule is CCc1cccc(NC2=NCCO2)c1C. The smallest absolute Gasteiger partial charge is 0.289 e. The molecule has 0 radical (unpaired) electrons. The molecule has 0 saturated heterocycles. The van der Waals surface area contributed by atoms with Gasteiger partial charge in [-0.25, -0.2) is 4.99 Å². The summed E-state index contributed by atoms with van der Waals surface area (Å²) in [6.45, 7) is 5.73. The Bertz CT molecular complexity index is 385. The zero-order valence-corrected chi connectivity index (χ0v) is 9.21. The standard InChI is InChI=1S/C12H16N2O/c1-3-10-5-4-6-11(9(10)2)14-12-13-7-8-15-12/h4-6H,3,7-8H2,1-2H3,(H,13,14). The first-order valence-corrected chi connectivity index (χ1v) is 5.34. The molecule has 0 aliphatic carbocycles. The number of anilines is 1. The topological polar surface area (TPSA) is 33.6 Å². The van der Waals surface area contributed by atoms with Gasteiger partial charge < -0.3 is 10.1 Å². The monoisotopic (exact) mass is 204 g/mol. The van der Waals surface area contributed by atoms with Crippen molar-refractivity contribution in [3.63, 3.8) is 0 Å². The number of nitrogens with one attached hydrogen (secondary N) is 1. The minimum absolute atomic E-state index is 0.645. The van der Waals surface area contributed by atoms with E-state index in [-0.39, 0.29) is 0 Å². The van der Waals surface area contributed by atoms with E-state index < -0.39 is 0 Å². The Morgan fingerprint density at radius 1 is 1.47 bits per heavy atom. The van der Waals surface area contributed by atoms with E-state index in [0.717, 1.165) is 18.7 Å². The number of rotatable bonds is 2. The van der Waals surface area contributed by atoms with E-state index in [1.165, 1.54) is 11.1 Å². The Labute approximate surface area is 90.2 Å². The second kappa shape index (κ2) is 4.34. The van der Waals surface area contributed by atoms with Crippen LogP contribution in [0.4, 0.5) is 5.69 Å². The molecule has 80 valence electrons. The minimum atomic E-state index is 0.645. The van der Waals surface area contributed by atoms with Gasteiger partial charge in [0, 0.05) is 5.69 Å². The minimum Gasteiger partial charge on any atom is -0.463 e. The maximum Gasteiger partial charge on any atom is 0.289 e. The normalized spacial score (nSPS) is 14.7. The molecule has 15 heavy (non-hydrogen) atoms. The summed E-state index contributed by atoms with van der Waals surface area (Å²) in [5.74, 6) is 0. The molecule has 0 unspecified atom stereocenters. The van der Waals surface area contributed by atoms with Crippen molar-refractivity contribution in [2.24, 2.45) is 4.99 Å². The summed E-state index contributed by atoms with van der Waals surface area (Å²) in [7, 11) is 0. The summed E-state index contributed by atoms with van der Waals surface area (Å²) in [4.78, 5) is 4.21. The molecule has 0 aromatic heterocycles. The van der Waals surface area contributed by atoms with Gasteiger partial charge in [0.2, 0.25) is 0 Å². The van der Waals surface area contributed by atoms with Crippen molar-refractivity contribution < 1.29 is 4.74 Å². The maximum absolute atomic E-state index is 5.32. The van der Waals surface area contributed by atoms with E-state index in [1.54, 1.807) is 0 Å². The van der Waals surface area contributed by atoms with Crippen LogP contribution >= 0.6 is 0 Å². The van der Waals surface area contributed by atoms with Gasteiger partial charge in [0.25, 0.3) is 6.02 Å². The van der Waals surface area contributed by atoms with Crippen LogP contribution in [0, 0.1) is 6.92 Å². The van der Waals surface area contributed by atoms with E-state index in [1.807, 2.05) is 0 Å². The predicted octanol–water partition coefficient (Wildman–Crippen LogP) is 2.36. The van der Waals surface area contributed by atoms with Gasteiger partial charge in [0.1, 0.15) is 6.61 Å². The van der Waals surface area contributed by atoms with Crippen molar-refractivity contribution in [1.82, 2.24) is 0 Å². The molecule has 0 fully saturated rings. The zero-order chi connectivity index (χ0) is 10.7. The van der Waals surface area contributed by atoms with Crippen molar-refractivity contribution >= 4 is 11.7 Å². The lowest BCUT2D eigenvalue weighted by Crippen LogP contribution is -2.13. The van der Waals surface area contributed by atoms with Crippen LogP contribution in [-0.4, -0.2) is 19.2 Å². The molecule has 1 N–H and O–H groups in total.